The first kappa shape index (κ1) is 12.1. The maximum Gasteiger partial charge on any atom is 0.306 e. The van der Waals surface area contributed by atoms with Crippen molar-refractivity contribution in [2.24, 2.45) is 0 Å². The van der Waals surface area contributed by atoms with Gasteiger partial charge in [-0.25, -0.2) is 0 Å². The highest BCUT2D eigenvalue weighted by molar-refractivity contribution is 7.89. The lowest BCUT2D eigenvalue weighted by molar-refractivity contribution is 0.463. The molecule has 0 saturated carbocycles. The minimum atomic E-state index is -3.56. The van der Waals surface area contributed by atoms with Crippen molar-refractivity contribution >= 4 is 18.0 Å². The molecule has 0 heterocycles. The van der Waals surface area contributed by atoms with Crippen LogP contribution in [0.3, 0.4) is 0 Å². The van der Waals surface area contributed by atoms with Crippen LogP contribution in [0.2, 0.25) is 0 Å². The van der Waals surface area contributed by atoms with E-state index in [0.717, 1.165) is 0 Å². The first-order valence-corrected chi connectivity index (χ1v) is 6.29. The lowest BCUT2D eigenvalue weighted by Crippen LogP contribution is -2.38. The molecule has 0 bridgehead atoms. The van der Waals surface area contributed by atoms with E-state index < -0.39 is 14.8 Å². The van der Waals surface area contributed by atoms with Crippen LogP contribution in [0.1, 0.15) is 20.3 Å². The summed E-state index contributed by atoms with van der Waals surface area (Å²) in [5.74, 6) is 0.360. The minimum absolute atomic E-state index is 0.360. The van der Waals surface area contributed by atoms with E-state index in [2.05, 4.69) is 0 Å². The Morgan fingerprint density at radius 2 is 1.87 bits per heavy atom. The average Bonchev–Trinajstić information content (AvgIpc) is 2.18. The molecule has 0 spiro atoms. The molecular formula is C10H15BO3S. The van der Waals surface area contributed by atoms with Crippen molar-refractivity contribution in [1.29, 1.82) is 0 Å². The summed E-state index contributed by atoms with van der Waals surface area (Å²) in [4.78, 5) is 0. The maximum atomic E-state index is 11.8. The van der Waals surface area contributed by atoms with Gasteiger partial charge >= 0.3 is 10.1 Å². The third-order valence-electron chi connectivity index (χ3n) is 2.48. The van der Waals surface area contributed by atoms with E-state index in [9.17, 15) is 8.42 Å². The van der Waals surface area contributed by atoms with Gasteiger partial charge in [0.15, 0.2) is 0 Å². The Morgan fingerprint density at radius 1 is 1.33 bits per heavy atom. The molecule has 0 aliphatic rings. The Bertz CT molecular complexity index is 412. The Kier molecular flexibility index (Phi) is 3.44. The second kappa shape index (κ2) is 4.27. The van der Waals surface area contributed by atoms with Crippen molar-refractivity contribution in [2.45, 2.75) is 24.9 Å². The molecule has 0 aliphatic heterocycles. The Labute approximate surface area is 92.0 Å². The molecule has 0 saturated heterocycles. The van der Waals surface area contributed by atoms with Crippen molar-refractivity contribution in [1.82, 2.24) is 0 Å². The van der Waals surface area contributed by atoms with Gasteiger partial charge in [-0.15, -0.1) is 0 Å². The molecule has 3 nitrogen and oxygen atoms in total. The molecule has 5 heteroatoms. The van der Waals surface area contributed by atoms with Gasteiger partial charge in [-0.1, -0.05) is 25.1 Å². The van der Waals surface area contributed by atoms with Crippen molar-refractivity contribution in [3.05, 3.63) is 30.3 Å². The minimum Gasteiger partial charge on any atom is -0.383 e. The third kappa shape index (κ3) is 2.75. The molecule has 0 aliphatic carbocycles. The van der Waals surface area contributed by atoms with Crippen molar-refractivity contribution in [3.63, 3.8) is 0 Å². The monoisotopic (exact) mass is 226 g/mol. The number of para-hydroxylation sites is 1. The summed E-state index contributed by atoms with van der Waals surface area (Å²) in [7, 11) is -1.90. The topological polar surface area (TPSA) is 43.4 Å². The number of hydrogen-bond acceptors (Lipinski definition) is 3. The molecule has 1 aromatic carbocycles. The fraction of sp³-hybridized carbons (Fsp3) is 0.400. The van der Waals surface area contributed by atoms with Crippen LogP contribution in [0, 0.1) is 0 Å². The van der Waals surface area contributed by atoms with Crippen molar-refractivity contribution < 1.29 is 12.6 Å². The molecule has 0 N–H and O–H groups in total. The highest BCUT2D eigenvalue weighted by Crippen LogP contribution is 2.22. The van der Waals surface area contributed by atoms with Crippen LogP contribution < -0.4 is 4.18 Å². The summed E-state index contributed by atoms with van der Waals surface area (Å²) in [6.07, 6.45) is 0.516. The largest absolute Gasteiger partial charge is 0.383 e. The molecule has 0 fully saturated rings. The van der Waals surface area contributed by atoms with Gasteiger partial charge in [-0.05, 0) is 25.5 Å². The number of hydrogen-bond donors (Lipinski definition) is 0. The molecule has 15 heavy (non-hydrogen) atoms. The van der Waals surface area contributed by atoms with Crippen molar-refractivity contribution in [3.8, 4) is 5.75 Å². The quantitative estimate of drug-likeness (QED) is 0.571. The molecule has 1 unspecified atom stereocenters. The van der Waals surface area contributed by atoms with Crippen LogP contribution in [-0.2, 0) is 10.1 Å². The SMILES string of the molecule is BC(C)(CC)S(=O)(=O)Oc1ccccc1. The van der Waals surface area contributed by atoms with Gasteiger partial charge in [-0.2, -0.15) is 8.42 Å². The summed E-state index contributed by atoms with van der Waals surface area (Å²) >= 11 is 0. The Balaban J connectivity index is 2.92. The van der Waals surface area contributed by atoms with E-state index in [4.69, 9.17) is 4.18 Å². The molecule has 0 aromatic heterocycles. The highest BCUT2D eigenvalue weighted by atomic mass is 32.2. The van der Waals surface area contributed by atoms with E-state index in [1.54, 1.807) is 39.0 Å². The van der Waals surface area contributed by atoms with E-state index in [1.165, 1.54) is 0 Å². The normalized spacial score (nSPS) is 15.6. The van der Waals surface area contributed by atoms with Gasteiger partial charge in [0.05, 0.1) is 4.65 Å². The summed E-state index contributed by atoms with van der Waals surface area (Å²) < 4.78 is 27.8. The van der Waals surface area contributed by atoms with Crippen LogP contribution in [-0.4, -0.2) is 20.9 Å². The summed E-state index contributed by atoms with van der Waals surface area (Å²) in [6.45, 7) is 3.48. The van der Waals surface area contributed by atoms with Gasteiger partial charge in [-0.3, -0.25) is 0 Å². The molecule has 0 amide bonds. The molecule has 82 valence electrons. The van der Waals surface area contributed by atoms with Crippen LogP contribution in [0.25, 0.3) is 0 Å². The lowest BCUT2D eigenvalue weighted by atomic mass is 9.86. The van der Waals surface area contributed by atoms with E-state index in [0.29, 0.717) is 12.2 Å². The lowest BCUT2D eigenvalue weighted by Gasteiger charge is -2.22. The smallest absolute Gasteiger partial charge is 0.306 e. The Morgan fingerprint density at radius 3 is 2.33 bits per heavy atom. The summed E-state index contributed by atoms with van der Waals surface area (Å²) in [5, 5.41) is 0. The maximum absolute atomic E-state index is 11.8. The van der Waals surface area contributed by atoms with Crippen LogP contribution in [0.4, 0.5) is 0 Å². The molecule has 1 rings (SSSR count). The second-order valence-corrected chi connectivity index (χ2v) is 6.14. The van der Waals surface area contributed by atoms with Gasteiger partial charge in [0.1, 0.15) is 13.6 Å². The number of benzene rings is 1. The summed E-state index contributed by atoms with van der Waals surface area (Å²) in [5.41, 5.74) is 0. The Hall–Kier alpha value is -0.965. The molecular weight excluding hydrogens is 211 g/mol. The van der Waals surface area contributed by atoms with Crippen LogP contribution in [0.15, 0.2) is 30.3 Å². The molecule has 1 atom stereocenters. The standard InChI is InChI=1S/C10H15BO3S/c1-3-10(2,11)15(12,13)14-9-7-5-4-6-8-9/h4-8H,3,11H2,1-2H3. The molecule has 0 radical (unpaired) electrons. The first-order chi connectivity index (χ1) is 6.89. The zero-order chi connectivity index (χ0) is 11.5. The summed E-state index contributed by atoms with van der Waals surface area (Å²) in [6, 6.07) is 8.55. The van der Waals surface area contributed by atoms with Gasteiger partial charge in [0, 0.05) is 0 Å². The predicted octanol–water partition coefficient (Wildman–Crippen LogP) is 1.15. The highest BCUT2D eigenvalue weighted by Gasteiger charge is 2.34. The van der Waals surface area contributed by atoms with Crippen molar-refractivity contribution in [2.75, 3.05) is 0 Å². The predicted molar refractivity (Wildman–Crippen MR) is 63.2 cm³/mol. The zero-order valence-electron chi connectivity index (χ0n) is 9.23. The average molecular weight is 226 g/mol. The molecule has 1 aromatic rings. The van der Waals surface area contributed by atoms with Crippen LogP contribution >= 0.6 is 0 Å². The van der Waals surface area contributed by atoms with E-state index >= 15 is 0 Å². The van der Waals surface area contributed by atoms with Crippen LogP contribution in [0.5, 0.6) is 5.75 Å². The van der Waals surface area contributed by atoms with E-state index in [1.807, 2.05) is 13.0 Å². The van der Waals surface area contributed by atoms with Gasteiger partial charge in [0.25, 0.3) is 0 Å². The van der Waals surface area contributed by atoms with E-state index in [-0.39, 0.29) is 0 Å². The third-order valence-corrected chi connectivity index (χ3v) is 4.53. The fourth-order valence-electron chi connectivity index (χ4n) is 0.892. The van der Waals surface area contributed by atoms with Gasteiger partial charge < -0.3 is 4.18 Å². The van der Waals surface area contributed by atoms with Gasteiger partial charge in [0.2, 0.25) is 0 Å². The number of rotatable bonds is 4. The first-order valence-electron chi connectivity index (χ1n) is 4.88. The fourth-order valence-corrected chi connectivity index (χ4v) is 1.84. The second-order valence-electron chi connectivity index (χ2n) is 3.96. The zero-order valence-corrected chi connectivity index (χ0v) is 10.0.